The summed E-state index contributed by atoms with van der Waals surface area (Å²) in [6, 6.07) is 4.36. The number of aliphatic carboxylic acids is 1. The highest BCUT2D eigenvalue weighted by molar-refractivity contribution is 5.76. The zero-order valence-electron chi connectivity index (χ0n) is 10.6. The predicted octanol–water partition coefficient (Wildman–Crippen LogP) is 2.92. The lowest BCUT2D eigenvalue weighted by Gasteiger charge is -2.12. The summed E-state index contributed by atoms with van der Waals surface area (Å²) in [4.78, 5) is 18.8. The average molecular weight is 262 g/mol. The van der Waals surface area contributed by atoms with E-state index in [1.807, 2.05) is 0 Å². The topological polar surface area (TPSA) is 66.0 Å². The number of aromatic amines is 1. The number of nitrogens with zero attached hydrogens (tertiary/aromatic N) is 1. The molecule has 1 aliphatic carbocycles. The summed E-state index contributed by atoms with van der Waals surface area (Å²) in [6.07, 6.45) is 1.48. The van der Waals surface area contributed by atoms with Crippen molar-refractivity contribution in [2.45, 2.75) is 25.7 Å². The molecule has 2 N–H and O–H groups in total. The zero-order valence-corrected chi connectivity index (χ0v) is 10.6. The molecule has 0 spiro atoms. The molecule has 1 aliphatic rings. The second-order valence-electron chi connectivity index (χ2n) is 5.41. The van der Waals surface area contributed by atoms with Gasteiger partial charge in [-0.25, -0.2) is 9.37 Å². The molecular formula is C14H15FN2O2. The zero-order chi connectivity index (χ0) is 13.6. The van der Waals surface area contributed by atoms with E-state index >= 15 is 0 Å². The lowest BCUT2D eigenvalue weighted by molar-refractivity contribution is -0.142. The van der Waals surface area contributed by atoms with Crippen molar-refractivity contribution < 1.29 is 14.3 Å². The fourth-order valence-electron chi connectivity index (χ4n) is 3.04. The summed E-state index contributed by atoms with van der Waals surface area (Å²) in [5.41, 5.74) is 1.30. The number of halogens is 1. The largest absolute Gasteiger partial charge is 0.481 e. The van der Waals surface area contributed by atoms with Gasteiger partial charge in [-0.05, 0) is 37.0 Å². The van der Waals surface area contributed by atoms with Crippen molar-refractivity contribution in [3.8, 4) is 0 Å². The Morgan fingerprint density at radius 2 is 2.26 bits per heavy atom. The summed E-state index contributed by atoms with van der Waals surface area (Å²) in [5, 5.41) is 9.28. The number of rotatable bonds is 2. The number of benzene rings is 1. The highest BCUT2D eigenvalue weighted by Crippen LogP contribution is 2.42. The summed E-state index contributed by atoms with van der Waals surface area (Å²) in [6.45, 7) is 2.05. The van der Waals surface area contributed by atoms with Gasteiger partial charge in [0.1, 0.15) is 11.6 Å². The normalized spacial score (nSPS) is 26.9. The molecule has 3 atom stereocenters. The molecule has 0 radical (unpaired) electrons. The SMILES string of the molecule is CC1CC(C(=O)O)C(c2nc3ccc(F)cc3[nH]2)C1. The minimum absolute atomic E-state index is 0.108. The van der Waals surface area contributed by atoms with Crippen LogP contribution >= 0.6 is 0 Å². The number of fused-ring (bicyclic) bond motifs is 1. The van der Waals surface area contributed by atoms with Gasteiger partial charge < -0.3 is 10.1 Å². The third-order valence-electron chi connectivity index (χ3n) is 3.93. The third-order valence-corrected chi connectivity index (χ3v) is 3.93. The van der Waals surface area contributed by atoms with Crippen molar-refractivity contribution in [2.24, 2.45) is 11.8 Å². The van der Waals surface area contributed by atoms with Crippen molar-refractivity contribution in [3.05, 3.63) is 29.8 Å². The maximum Gasteiger partial charge on any atom is 0.307 e. The van der Waals surface area contributed by atoms with E-state index in [0.29, 0.717) is 29.2 Å². The van der Waals surface area contributed by atoms with Crippen LogP contribution < -0.4 is 0 Å². The number of carbonyl (C=O) groups is 1. The lowest BCUT2D eigenvalue weighted by Crippen LogP contribution is -2.17. The van der Waals surface area contributed by atoms with Gasteiger partial charge in [0.25, 0.3) is 0 Å². The number of hydrogen-bond donors (Lipinski definition) is 2. The summed E-state index contributed by atoms with van der Waals surface area (Å²) in [5.74, 6) is -0.574. The number of aromatic nitrogens is 2. The van der Waals surface area contributed by atoms with Crippen LogP contribution in [0.3, 0.4) is 0 Å². The second kappa shape index (κ2) is 4.33. The van der Waals surface area contributed by atoms with E-state index in [-0.39, 0.29) is 11.7 Å². The molecule has 1 aromatic heterocycles. The van der Waals surface area contributed by atoms with E-state index in [0.717, 1.165) is 6.42 Å². The minimum Gasteiger partial charge on any atom is -0.481 e. The van der Waals surface area contributed by atoms with Crippen molar-refractivity contribution in [1.82, 2.24) is 9.97 Å². The Bertz CT molecular complexity index is 637. The molecule has 4 nitrogen and oxygen atoms in total. The number of H-pyrrole nitrogens is 1. The van der Waals surface area contributed by atoms with E-state index in [2.05, 4.69) is 16.9 Å². The van der Waals surface area contributed by atoms with Gasteiger partial charge in [0.2, 0.25) is 0 Å². The van der Waals surface area contributed by atoms with Crippen molar-refractivity contribution >= 4 is 17.0 Å². The van der Waals surface area contributed by atoms with Crippen LogP contribution in [0.5, 0.6) is 0 Å². The Labute approximate surface area is 109 Å². The van der Waals surface area contributed by atoms with Crippen LogP contribution in [0, 0.1) is 17.7 Å². The fraction of sp³-hybridized carbons (Fsp3) is 0.429. The Kier molecular flexibility index (Phi) is 2.77. The van der Waals surface area contributed by atoms with E-state index in [4.69, 9.17) is 0 Å². The van der Waals surface area contributed by atoms with Gasteiger partial charge >= 0.3 is 5.97 Å². The van der Waals surface area contributed by atoms with Crippen LogP contribution in [0.4, 0.5) is 4.39 Å². The molecule has 1 fully saturated rings. The molecule has 3 rings (SSSR count). The first-order chi connectivity index (χ1) is 9.04. The first-order valence-electron chi connectivity index (χ1n) is 6.42. The molecule has 19 heavy (non-hydrogen) atoms. The average Bonchev–Trinajstić information content (AvgIpc) is 2.91. The molecule has 100 valence electrons. The van der Waals surface area contributed by atoms with Gasteiger partial charge in [-0.1, -0.05) is 6.92 Å². The van der Waals surface area contributed by atoms with Gasteiger partial charge in [-0.15, -0.1) is 0 Å². The van der Waals surface area contributed by atoms with Gasteiger partial charge in [0.15, 0.2) is 0 Å². The maximum atomic E-state index is 13.1. The quantitative estimate of drug-likeness (QED) is 0.874. The monoisotopic (exact) mass is 262 g/mol. The standard InChI is InChI=1S/C14H15FN2O2/c1-7-4-9(10(5-7)14(18)19)13-16-11-3-2-8(15)6-12(11)17-13/h2-3,6-7,9-10H,4-5H2,1H3,(H,16,17)(H,18,19). The van der Waals surface area contributed by atoms with Gasteiger partial charge in [0, 0.05) is 5.92 Å². The van der Waals surface area contributed by atoms with Crippen LogP contribution in [0.15, 0.2) is 18.2 Å². The van der Waals surface area contributed by atoms with E-state index in [1.54, 1.807) is 6.07 Å². The highest BCUT2D eigenvalue weighted by atomic mass is 19.1. The molecule has 1 heterocycles. The van der Waals surface area contributed by atoms with Crippen LogP contribution in [0.1, 0.15) is 31.5 Å². The Hall–Kier alpha value is -1.91. The number of hydrogen-bond acceptors (Lipinski definition) is 2. The van der Waals surface area contributed by atoms with Crippen LogP contribution in [0.2, 0.25) is 0 Å². The Morgan fingerprint density at radius 3 is 3.00 bits per heavy atom. The molecule has 1 saturated carbocycles. The minimum atomic E-state index is -0.777. The molecule has 0 amide bonds. The first kappa shape index (κ1) is 12.1. The van der Waals surface area contributed by atoms with E-state index in [9.17, 15) is 14.3 Å². The highest BCUT2D eigenvalue weighted by Gasteiger charge is 2.39. The maximum absolute atomic E-state index is 13.1. The molecule has 0 bridgehead atoms. The van der Waals surface area contributed by atoms with Crippen molar-refractivity contribution in [2.75, 3.05) is 0 Å². The lowest BCUT2D eigenvalue weighted by atomic mass is 9.96. The van der Waals surface area contributed by atoms with Gasteiger partial charge in [0.05, 0.1) is 17.0 Å². The Morgan fingerprint density at radius 1 is 1.47 bits per heavy atom. The molecule has 1 aromatic carbocycles. The van der Waals surface area contributed by atoms with E-state index in [1.165, 1.54) is 12.1 Å². The molecule has 5 heteroatoms. The molecule has 3 unspecified atom stereocenters. The predicted molar refractivity (Wildman–Crippen MR) is 68.3 cm³/mol. The van der Waals surface area contributed by atoms with Gasteiger partial charge in [-0.3, -0.25) is 4.79 Å². The number of nitrogens with one attached hydrogen (secondary N) is 1. The molecule has 0 saturated heterocycles. The second-order valence-corrected chi connectivity index (χ2v) is 5.41. The summed E-state index contributed by atoms with van der Waals surface area (Å²) in [7, 11) is 0. The number of imidazole rings is 1. The summed E-state index contributed by atoms with van der Waals surface area (Å²) < 4.78 is 13.1. The third kappa shape index (κ3) is 2.09. The van der Waals surface area contributed by atoms with Crippen LogP contribution in [-0.2, 0) is 4.79 Å². The van der Waals surface area contributed by atoms with Crippen molar-refractivity contribution in [3.63, 3.8) is 0 Å². The van der Waals surface area contributed by atoms with Crippen LogP contribution in [0.25, 0.3) is 11.0 Å². The number of carboxylic acid groups (broad SMARTS) is 1. The fourth-order valence-corrected chi connectivity index (χ4v) is 3.04. The first-order valence-corrected chi connectivity index (χ1v) is 6.42. The van der Waals surface area contributed by atoms with Gasteiger partial charge in [-0.2, -0.15) is 0 Å². The summed E-state index contributed by atoms with van der Waals surface area (Å²) >= 11 is 0. The molecular weight excluding hydrogens is 247 g/mol. The van der Waals surface area contributed by atoms with E-state index < -0.39 is 11.9 Å². The molecule has 2 aromatic rings. The smallest absolute Gasteiger partial charge is 0.307 e. The Balaban J connectivity index is 2.01. The molecule has 0 aliphatic heterocycles. The van der Waals surface area contributed by atoms with Crippen LogP contribution in [-0.4, -0.2) is 21.0 Å². The van der Waals surface area contributed by atoms with Crippen molar-refractivity contribution in [1.29, 1.82) is 0 Å². The number of carboxylic acids is 1.